The van der Waals surface area contributed by atoms with Gasteiger partial charge in [0.25, 0.3) is 0 Å². The quantitative estimate of drug-likeness (QED) is 0.509. The van der Waals surface area contributed by atoms with Crippen LogP contribution in [0.1, 0.15) is 66.5 Å². The van der Waals surface area contributed by atoms with Crippen molar-refractivity contribution in [3.63, 3.8) is 0 Å². The van der Waals surface area contributed by atoms with E-state index in [1.165, 1.54) is 0 Å². The van der Waals surface area contributed by atoms with E-state index in [0.29, 0.717) is 5.57 Å². The van der Waals surface area contributed by atoms with Crippen LogP contribution >= 0.6 is 0 Å². The van der Waals surface area contributed by atoms with Crippen LogP contribution in [0.25, 0.3) is 16.7 Å². The molecule has 1 aliphatic carbocycles. The summed E-state index contributed by atoms with van der Waals surface area (Å²) in [7, 11) is 0. The van der Waals surface area contributed by atoms with E-state index in [1.807, 2.05) is 58.9 Å². The van der Waals surface area contributed by atoms with E-state index in [-0.39, 0.29) is 17.7 Å². The summed E-state index contributed by atoms with van der Waals surface area (Å²) in [5.41, 5.74) is 4.02. The van der Waals surface area contributed by atoms with Crippen molar-refractivity contribution in [2.24, 2.45) is 10.8 Å². The minimum absolute atomic E-state index is 0.0128. The maximum absolute atomic E-state index is 13.5. The molecule has 0 amide bonds. The van der Waals surface area contributed by atoms with Crippen molar-refractivity contribution in [2.45, 2.75) is 67.9 Å². The second kappa shape index (κ2) is 8.11. The van der Waals surface area contributed by atoms with Crippen LogP contribution in [0.4, 0.5) is 0 Å². The molecule has 0 aromatic heterocycles. The maximum atomic E-state index is 13.5. The van der Waals surface area contributed by atoms with Crippen LogP contribution in [0.2, 0.25) is 0 Å². The molecule has 0 atom stereocenters. The van der Waals surface area contributed by atoms with Gasteiger partial charge in [-0.25, -0.2) is 0 Å². The molecule has 0 N–H and O–H groups in total. The lowest BCUT2D eigenvalue weighted by Gasteiger charge is -2.40. The number of aryl methyl sites for hydroxylation is 1. The minimum Gasteiger partial charge on any atom is -0.491 e. The molecule has 3 rings (SSSR count). The molecule has 0 radical (unpaired) electrons. The summed E-state index contributed by atoms with van der Waals surface area (Å²) in [6, 6.07) is 14.4. The Labute approximate surface area is 186 Å². The Hall–Kier alpha value is -2.68. The van der Waals surface area contributed by atoms with Crippen molar-refractivity contribution < 1.29 is 14.3 Å². The van der Waals surface area contributed by atoms with E-state index >= 15 is 0 Å². The maximum Gasteiger partial charge on any atom is 0.176 e. The summed E-state index contributed by atoms with van der Waals surface area (Å²) in [5, 5.41) is 0. The van der Waals surface area contributed by atoms with Crippen molar-refractivity contribution >= 4 is 17.1 Å². The lowest BCUT2D eigenvalue weighted by atomic mass is 9.60. The molecule has 0 saturated heterocycles. The Balaban J connectivity index is 2.16. The van der Waals surface area contributed by atoms with E-state index in [1.54, 1.807) is 13.8 Å². The molecule has 1 aliphatic rings. The van der Waals surface area contributed by atoms with Crippen LogP contribution in [0.5, 0.6) is 5.75 Å². The summed E-state index contributed by atoms with van der Waals surface area (Å²) in [4.78, 5) is 26.6. The van der Waals surface area contributed by atoms with Crippen molar-refractivity contribution in [1.82, 2.24) is 0 Å². The van der Waals surface area contributed by atoms with Gasteiger partial charge in [0, 0.05) is 11.0 Å². The number of hydrogen-bond acceptors (Lipinski definition) is 3. The van der Waals surface area contributed by atoms with Crippen molar-refractivity contribution in [1.29, 1.82) is 0 Å². The van der Waals surface area contributed by atoms with E-state index in [2.05, 4.69) is 25.1 Å². The molecule has 2 aromatic rings. The second-order valence-electron chi connectivity index (χ2n) is 9.82. The fraction of sp³-hybridized carbons (Fsp3) is 0.429. The largest absolute Gasteiger partial charge is 0.491 e. The van der Waals surface area contributed by atoms with Gasteiger partial charge in [-0.05, 0) is 101 Å². The molecule has 0 saturated carbocycles. The number of rotatable bonds is 5. The fourth-order valence-corrected chi connectivity index (χ4v) is 4.47. The predicted molar refractivity (Wildman–Crippen MR) is 127 cm³/mol. The summed E-state index contributed by atoms with van der Waals surface area (Å²) < 4.78 is 5.76. The zero-order valence-corrected chi connectivity index (χ0v) is 20.1. The van der Waals surface area contributed by atoms with Crippen LogP contribution in [0.15, 0.2) is 48.0 Å². The number of allylic oxidation sites excluding steroid dienone is 2. The summed E-state index contributed by atoms with van der Waals surface area (Å²) in [6.45, 7) is 15.4. The number of carbonyl (C=O) groups excluding carboxylic acids is 2. The molecule has 0 aliphatic heterocycles. The highest BCUT2D eigenvalue weighted by molar-refractivity contribution is 6.34. The summed E-state index contributed by atoms with van der Waals surface area (Å²) >= 11 is 0. The Bertz CT molecular complexity index is 1050. The van der Waals surface area contributed by atoms with Gasteiger partial charge in [-0.2, -0.15) is 0 Å². The first-order valence-electron chi connectivity index (χ1n) is 11.1. The monoisotopic (exact) mass is 418 g/mol. The molecule has 31 heavy (non-hydrogen) atoms. The first-order valence-corrected chi connectivity index (χ1v) is 11.1. The molecule has 0 spiro atoms. The smallest absolute Gasteiger partial charge is 0.176 e. The van der Waals surface area contributed by atoms with E-state index in [0.717, 1.165) is 40.0 Å². The zero-order chi connectivity index (χ0) is 23.1. The van der Waals surface area contributed by atoms with Crippen LogP contribution in [-0.2, 0) is 16.0 Å². The van der Waals surface area contributed by atoms with Gasteiger partial charge in [-0.15, -0.1) is 0 Å². The van der Waals surface area contributed by atoms with Gasteiger partial charge < -0.3 is 4.74 Å². The normalized spacial score (nSPS) is 18.0. The average Bonchev–Trinajstić information content (AvgIpc) is 2.72. The number of carbonyl (C=O) groups is 2. The number of ketones is 2. The molecule has 164 valence electrons. The third-order valence-corrected chi connectivity index (χ3v) is 6.56. The molecular weight excluding hydrogens is 384 g/mol. The average molecular weight is 419 g/mol. The molecule has 0 heterocycles. The number of ether oxygens (including phenoxy) is 1. The Morgan fingerprint density at radius 2 is 1.45 bits per heavy atom. The van der Waals surface area contributed by atoms with E-state index < -0.39 is 10.8 Å². The van der Waals surface area contributed by atoms with Gasteiger partial charge in [0.15, 0.2) is 11.6 Å². The van der Waals surface area contributed by atoms with Gasteiger partial charge >= 0.3 is 0 Å². The van der Waals surface area contributed by atoms with Crippen LogP contribution in [0, 0.1) is 10.8 Å². The molecule has 0 unspecified atom stereocenters. The van der Waals surface area contributed by atoms with Gasteiger partial charge in [0.2, 0.25) is 0 Å². The van der Waals surface area contributed by atoms with Crippen molar-refractivity contribution in [3.05, 3.63) is 59.2 Å². The molecular formula is C28H34O3. The zero-order valence-electron chi connectivity index (χ0n) is 20.1. The first-order chi connectivity index (χ1) is 14.4. The summed E-state index contributed by atoms with van der Waals surface area (Å²) in [5.74, 6) is 0.746. The SMILES string of the molecule is CCc1ccc(-c2ccc(OC(C)C)cc2)cc1C1=C(C)C(C)(C)C(=O)C(C)(C)C1=O. The predicted octanol–water partition coefficient (Wildman–Crippen LogP) is 6.68. The highest BCUT2D eigenvalue weighted by atomic mass is 16.5. The van der Waals surface area contributed by atoms with Crippen molar-refractivity contribution in [2.75, 3.05) is 0 Å². The van der Waals surface area contributed by atoms with E-state index in [4.69, 9.17) is 4.74 Å². The lowest BCUT2D eigenvalue weighted by molar-refractivity contribution is -0.141. The van der Waals surface area contributed by atoms with Crippen LogP contribution in [0.3, 0.4) is 0 Å². The highest BCUT2D eigenvalue weighted by Crippen LogP contribution is 2.48. The van der Waals surface area contributed by atoms with Gasteiger partial charge in [0.05, 0.1) is 11.5 Å². The first kappa shape index (κ1) is 23.0. The molecule has 0 fully saturated rings. The Morgan fingerprint density at radius 3 is 2.00 bits per heavy atom. The standard InChI is InChI=1S/C28H34O3/c1-9-19-10-11-21(20-12-14-22(15-13-20)31-17(2)3)16-23(19)24-18(4)27(5,6)26(30)28(7,8)25(24)29/h10-17H,9H2,1-8H3. The highest BCUT2D eigenvalue weighted by Gasteiger charge is 2.51. The lowest BCUT2D eigenvalue weighted by Crippen LogP contribution is -2.47. The summed E-state index contributed by atoms with van der Waals surface area (Å²) in [6.07, 6.45) is 0.943. The molecule has 0 bridgehead atoms. The van der Waals surface area contributed by atoms with Crippen LogP contribution in [-0.4, -0.2) is 17.7 Å². The van der Waals surface area contributed by atoms with Crippen molar-refractivity contribution in [3.8, 4) is 16.9 Å². The molecule has 3 nitrogen and oxygen atoms in total. The number of hydrogen-bond donors (Lipinski definition) is 0. The Kier molecular flexibility index (Phi) is 6.01. The second-order valence-corrected chi connectivity index (χ2v) is 9.82. The minimum atomic E-state index is -1.03. The number of Topliss-reactive ketones (excluding diaryl/α,β-unsaturated/α-hetero) is 2. The van der Waals surface area contributed by atoms with Gasteiger partial charge in [0.1, 0.15) is 5.75 Å². The number of benzene rings is 2. The van der Waals surface area contributed by atoms with Gasteiger partial charge in [-0.3, -0.25) is 9.59 Å². The topological polar surface area (TPSA) is 43.4 Å². The van der Waals surface area contributed by atoms with Crippen LogP contribution < -0.4 is 4.74 Å². The fourth-order valence-electron chi connectivity index (χ4n) is 4.47. The molecule has 2 aromatic carbocycles. The third-order valence-electron chi connectivity index (χ3n) is 6.56. The Morgan fingerprint density at radius 1 is 0.871 bits per heavy atom. The van der Waals surface area contributed by atoms with Gasteiger partial charge in [-0.1, -0.05) is 31.2 Å². The molecule has 3 heteroatoms. The third kappa shape index (κ3) is 3.98. The van der Waals surface area contributed by atoms with E-state index in [9.17, 15) is 9.59 Å².